The first-order chi connectivity index (χ1) is 29.5. The Labute approximate surface area is 373 Å². The predicted octanol–water partition coefficient (Wildman–Crippen LogP) is 15.9. The number of aliphatic hydroxyl groups is 2. The van der Waals surface area contributed by atoms with Crippen LogP contribution in [-0.2, 0) is 14.3 Å². The van der Waals surface area contributed by atoms with Gasteiger partial charge in [0.05, 0.1) is 25.2 Å². The van der Waals surface area contributed by atoms with Crippen molar-refractivity contribution in [3.05, 3.63) is 24.3 Å². The van der Waals surface area contributed by atoms with Gasteiger partial charge in [-0.15, -0.1) is 0 Å². The van der Waals surface area contributed by atoms with Gasteiger partial charge < -0.3 is 20.3 Å². The average molecular weight is 846 g/mol. The first-order valence-corrected chi connectivity index (χ1v) is 26.6. The van der Waals surface area contributed by atoms with Crippen molar-refractivity contribution in [2.75, 3.05) is 6.61 Å². The van der Waals surface area contributed by atoms with E-state index in [1.807, 2.05) is 12.2 Å². The Bertz CT molecular complexity index is 950. The molecule has 6 heteroatoms. The lowest BCUT2D eigenvalue weighted by Crippen LogP contribution is -2.46. The van der Waals surface area contributed by atoms with Gasteiger partial charge in [0.1, 0.15) is 6.10 Å². The van der Waals surface area contributed by atoms with Crippen molar-refractivity contribution >= 4 is 11.9 Å². The number of rotatable bonds is 48. The minimum Gasteiger partial charge on any atom is -0.458 e. The third kappa shape index (κ3) is 43.0. The third-order valence-electron chi connectivity index (χ3n) is 12.3. The second-order valence-corrected chi connectivity index (χ2v) is 18.3. The number of esters is 1. The Kier molecular flexibility index (Phi) is 47.0. The van der Waals surface area contributed by atoms with Gasteiger partial charge in [0.2, 0.25) is 5.91 Å². The van der Waals surface area contributed by atoms with Crippen molar-refractivity contribution in [1.82, 2.24) is 5.32 Å². The molecule has 0 aliphatic heterocycles. The molecule has 0 aliphatic rings. The fourth-order valence-corrected chi connectivity index (χ4v) is 8.22. The molecular formula is C54H103NO5. The zero-order valence-electron chi connectivity index (χ0n) is 40.4. The molecule has 0 rings (SSSR count). The lowest BCUT2D eigenvalue weighted by molar-refractivity contribution is -0.148. The molecule has 0 aromatic rings. The van der Waals surface area contributed by atoms with Crippen LogP contribution in [0, 0.1) is 0 Å². The molecule has 0 aliphatic carbocycles. The van der Waals surface area contributed by atoms with E-state index in [1.54, 1.807) is 0 Å². The summed E-state index contributed by atoms with van der Waals surface area (Å²) in [6.07, 6.45) is 55.7. The highest BCUT2D eigenvalue weighted by atomic mass is 16.5. The first-order valence-electron chi connectivity index (χ1n) is 26.6. The first kappa shape index (κ1) is 58.3. The van der Waals surface area contributed by atoms with Crippen molar-refractivity contribution in [3.63, 3.8) is 0 Å². The van der Waals surface area contributed by atoms with E-state index in [0.717, 1.165) is 51.4 Å². The number of nitrogens with one attached hydrogen (secondary N) is 1. The van der Waals surface area contributed by atoms with Crippen LogP contribution in [0.15, 0.2) is 24.3 Å². The SMILES string of the molecule is CCCCCCCC/C=C\C/C=C/C(CC(=O)NC(CO)C(O)CCCCCCCCCCCCC)OC(=O)CCCCCCCCCCCCCCCCCCCCC. The predicted molar refractivity (Wildman–Crippen MR) is 260 cm³/mol. The van der Waals surface area contributed by atoms with Crippen molar-refractivity contribution < 1.29 is 24.5 Å². The number of unbranched alkanes of at least 4 members (excludes halogenated alkanes) is 34. The maximum atomic E-state index is 13.1. The molecule has 0 heterocycles. The summed E-state index contributed by atoms with van der Waals surface area (Å²) in [6, 6.07) is -0.726. The molecule has 1 amide bonds. The van der Waals surface area contributed by atoms with Crippen LogP contribution in [-0.4, -0.2) is 46.9 Å². The quantitative estimate of drug-likeness (QED) is 0.0322. The van der Waals surface area contributed by atoms with Gasteiger partial charge in [-0.25, -0.2) is 0 Å². The molecule has 3 N–H and O–H groups in total. The molecule has 0 fully saturated rings. The van der Waals surface area contributed by atoms with Crippen LogP contribution in [0.5, 0.6) is 0 Å². The van der Waals surface area contributed by atoms with Crippen molar-refractivity contribution in [2.24, 2.45) is 0 Å². The normalized spacial score (nSPS) is 13.3. The van der Waals surface area contributed by atoms with Gasteiger partial charge in [0.25, 0.3) is 0 Å². The minimum atomic E-state index is -0.805. The lowest BCUT2D eigenvalue weighted by atomic mass is 10.0. The Hall–Kier alpha value is -1.66. The van der Waals surface area contributed by atoms with E-state index in [4.69, 9.17) is 4.74 Å². The van der Waals surface area contributed by atoms with E-state index in [-0.39, 0.29) is 24.9 Å². The summed E-state index contributed by atoms with van der Waals surface area (Å²) in [4.78, 5) is 26.0. The van der Waals surface area contributed by atoms with E-state index < -0.39 is 18.2 Å². The number of carbonyl (C=O) groups is 2. The molecule has 0 aromatic carbocycles. The van der Waals surface area contributed by atoms with Crippen LogP contribution >= 0.6 is 0 Å². The second kappa shape index (κ2) is 48.4. The number of carbonyl (C=O) groups excluding carboxylic acids is 2. The summed E-state index contributed by atoms with van der Waals surface area (Å²) in [5.74, 6) is -0.588. The topological polar surface area (TPSA) is 95.9 Å². The van der Waals surface area contributed by atoms with Gasteiger partial charge in [-0.05, 0) is 38.2 Å². The van der Waals surface area contributed by atoms with E-state index in [0.29, 0.717) is 12.8 Å². The van der Waals surface area contributed by atoms with Gasteiger partial charge in [-0.2, -0.15) is 0 Å². The molecule has 0 spiro atoms. The summed E-state index contributed by atoms with van der Waals surface area (Å²) in [5.41, 5.74) is 0. The summed E-state index contributed by atoms with van der Waals surface area (Å²) < 4.78 is 5.83. The van der Waals surface area contributed by atoms with Gasteiger partial charge in [-0.3, -0.25) is 9.59 Å². The Morgan fingerprint density at radius 1 is 0.500 bits per heavy atom. The third-order valence-corrected chi connectivity index (χ3v) is 12.3. The van der Waals surface area contributed by atoms with Crippen LogP contribution in [0.3, 0.4) is 0 Å². The zero-order valence-corrected chi connectivity index (χ0v) is 40.4. The van der Waals surface area contributed by atoms with Gasteiger partial charge in [0, 0.05) is 6.42 Å². The van der Waals surface area contributed by atoms with Crippen LogP contribution in [0.4, 0.5) is 0 Å². The number of ether oxygens (including phenoxy) is 1. The summed E-state index contributed by atoms with van der Waals surface area (Å²) in [6.45, 7) is 6.46. The Balaban J connectivity index is 4.50. The molecule has 6 nitrogen and oxygen atoms in total. The van der Waals surface area contributed by atoms with E-state index in [9.17, 15) is 19.8 Å². The van der Waals surface area contributed by atoms with E-state index >= 15 is 0 Å². The molecule has 60 heavy (non-hydrogen) atoms. The van der Waals surface area contributed by atoms with Crippen molar-refractivity contribution in [3.8, 4) is 0 Å². The summed E-state index contributed by atoms with van der Waals surface area (Å²) in [5, 5.41) is 23.7. The summed E-state index contributed by atoms with van der Waals surface area (Å²) in [7, 11) is 0. The Morgan fingerprint density at radius 2 is 0.883 bits per heavy atom. The Morgan fingerprint density at radius 3 is 1.30 bits per heavy atom. The number of hydrogen-bond acceptors (Lipinski definition) is 5. The molecule has 3 atom stereocenters. The molecule has 3 unspecified atom stereocenters. The maximum absolute atomic E-state index is 13.1. The maximum Gasteiger partial charge on any atom is 0.306 e. The van der Waals surface area contributed by atoms with Crippen LogP contribution in [0.25, 0.3) is 0 Å². The van der Waals surface area contributed by atoms with E-state index in [2.05, 4.69) is 38.2 Å². The fraction of sp³-hybridized carbons (Fsp3) is 0.889. The summed E-state index contributed by atoms with van der Waals surface area (Å²) >= 11 is 0. The number of hydrogen-bond donors (Lipinski definition) is 3. The molecule has 0 aromatic heterocycles. The highest BCUT2D eigenvalue weighted by Crippen LogP contribution is 2.17. The lowest BCUT2D eigenvalue weighted by Gasteiger charge is -2.23. The van der Waals surface area contributed by atoms with Crippen molar-refractivity contribution in [2.45, 2.75) is 302 Å². The van der Waals surface area contributed by atoms with Crippen LogP contribution in [0.1, 0.15) is 284 Å². The van der Waals surface area contributed by atoms with Crippen LogP contribution < -0.4 is 5.32 Å². The van der Waals surface area contributed by atoms with E-state index in [1.165, 1.54) is 193 Å². The smallest absolute Gasteiger partial charge is 0.306 e. The standard InChI is InChI=1S/C54H103NO5/c1-4-7-10-13-16-19-22-23-24-25-26-27-28-29-32-35-38-41-44-47-54(59)60-50(45-42-39-36-33-30-20-17-14-11-8-5-2)48-53(58)55-51(49-56)52(57)46-43-40-37-34-31-21-18-15-12-9-6-3/h33,36,42,45,50-52,56-57H,4-32,34-35,37-41,43-44,46-49H2,1-3H3,(H,55,58)/b36-33-,45-42+. The fourth-order valence-electron chi connectivity index (χ4n) is 8.22. The molecule has 354 valence electrons. The molecule has 0 radical (unpaired) electrons. The second-order valence-electron chi connectivity index (χ2n) is 18.3. The van der Waals surface area contributed by atoms with Crippen LogP contribution in [0.2, 0.25) is 0 Å². The van der Waals surface area contributed by atoms with Gasteiger partial charge in [-0.1, -0.05) is 257 Å². The van der Waals surface area contributed by atoms with Gasteiger partial charge in [0.15, 0.2) is 0 Å². The largest absolute Gasteiger partial charge is 0.458 e. The zero-order chi connectivity index (χ0) is 43.8. The van der Waals surface area contributed by atoms with Crippen molar-refractivity contribution in [1.29, 1.82) is 0 Å². The number of aliphatic hydroxyl groups excluding tert-OH is 2. The minimum absolute atomic E-state index is 0.0232. The molecular weight excluding hydrogens is 743 g/mol. The molecule has 0 saturated heterocycles. The van der Waals surface area contributed by atoms with Gasteiger partial charge >= 0.3 is 5.97 Å². The molecule has 0 bridgehead atoms. The molecule has 0 saturated carbocycles. The highest BCUT2D eigenvalue weighted by Gasteiger charge is 2.23. The average Bonchev–Trinajstić information content (AvgIpc) is 3.24. The number of amides is 1. The highest BCUT2D eigenvalue weighted by molar-refractivity contribution is 5.78. The monoisotopic (exact) mass is 846 g/mol. The number of allylic oxidation sites excluding steroid dienone is 3.